The Morgan fingerprint density at radius 2 is 2.00 bits per heavy atom. The Morgan fingerprint density at radius 3 is 2.39 bits per heavy atom. The summed E-state index contributed by atoms with van der Waals surface area (Å²) in [4.78, 5) is 11.1. The van der Waals surface area contributed by atoms with E-state index in [0.717, 1.165) is 0 Å². The lowest BCUT2D eigenvalue weighted by Gasteiger charge is -2.21. The molecule has 0 saturated heterocycles. The van der Waals surface area contributed by atoms with E-state index in [1.807, 2.05) is 0 Å². The van der Waals surface area contributed by atoms with Gasteiger partial charge in [0.2, 0.25) is 0 Å². The quantitative estimate of drug-likeness (QED) is 0.701. The number of hydrogen-bond donors (Lipinski definition) is 1. The number of nitrogens with one attached hydrogen (secondary N) is 1. The maximum Gasteiger partial charge on any atom is 0.422 e. The topological polar surface area (TPSA) is 75.7 Å². The van der Waals surface area contributed by atoms with Crippen molar-refractivity contribution in [1.29, 1.82) is 0 Å². The number of halogens is 3. The van der Waals surface area contributed by atoms with Crippen molar-refractivity contribution in [3.8, 4) is 0 Å². The second-order valence-electron chi connectivity index (χ2n) is 3.50. The molecule has 0 heterocycles. The molecule has 0 aromatic rings. The van der Waals surface area contributed by atoms with Crippen LogP contribution in [0.5, 0.6) is 0 Å². The smallest absolute Gasteiger partial charge is 0.422 e. The van der Waals surface area contributed by atoms with Crippen LogP contribution in [0, 0.1) is 0 Å². The SMILES string of the molecule is CC(C)OC(=O)NS(=O)(=O)N(CCBr)CC(F)F. The van der Waals surface area contributed by atoms with Crippen LogP contribution >= 0.6 is 15.9 Å². The van der Waals surface area contributed by atoms with Gasteiger partial charge in [-0.25, -0.2) is 18.3 Å². The van der Waals surface area contributed by atoms with E-state index >= 15 is 0 Å². The molecular formula is C8H15BrF2N2O4S. The fourth-order valence-electron chi connectivity index (χ4n) is 0.966. The highest BCUT2D eigenvalue weighted by Crippen LogP contribution is 2.05. The third-order valence-electron chi connectivity index (χ3n) is 1.57. The van der Waals surface area contributed by atoms with Crippen molar-refractivity contribution in [2.45, 2.75) is 26.4 Å². The molecule has 108 valence electrons. The number of carbonyl (C=O) groups is 1. The van der Waals surface area contributed by atoms with Gasteiger partial charge in [0.05, 0.1) is 12.6 Å². The van der Waals surface area contributed by atoms with Crippen LogP contribution in [-0.2, 0) is 14.9 Å². The van der Waals surface area contributed by atoms with E-state index in [-0.39, 0.29) is 11.9 Å². The van der Waals surface area contributed by atoms with Gasteiger partial charge in [0.15, 0.2) is 0 Å². The molecular weight excluding hydrogens is 338 g/mol. The molecule has 0 radical (unpaired) electrons. The molecule has 1 N–H and O–H groups in total. The summed E-state index contributed by atoms with van der Waals surface area (Å²) < 4.78 is 54.2. The average molecular weight is 353 g/mol. The van der Waals surface area contributed by atoms with Crippen LogP contribution in [0.1, 0.15) is 13.8 Å². The van der Waals surface area contributed by atoms with Gasteiger partial charge in [-0.2, -0.15) is 12.7 Å². The maximum atomic E-state index is 12.2. The van der Waals surface area contributed by atoms with Crippen LogP contribution in [0.3, 0.4) is 0 Å². The van der Waals surface area contributed by atoms with Crippen molar-refractivity contribution >= 4 is 32.2 Å². The number of alkyl halides is 3. The average Bonchev–Trinajstić information content (AvgIpc) is 2.13. The summed E-state index contributed by atoms with van der Waals surface area (Å²) in [5, 5.41) is 0.167. The van der Waals surface area contributed by atoms with Gasteiger partial charge < -0.3 is 4.74 Å². The predicted molar refractivity (Wildman–Crippen MR) is 65.0 cm³/mol. The fraction of sp³-hybridized carbons (Fsp3) is 0.875. The fourth-order valence-corrected chi connectivity index (χ4v) is 2.66. The van der Waals surface area contributed by atoms with Crippen LogP contribution in [0.25, 0.3) is 0 Å². The summed E-state index contributed by atoms with van der Waals surface area (Å²) in [6, 6.07) is 0. The highest BCUT2D eigenvalue weighted by molar-refractivity contribution is 9.09. The molecule has 0 aromatic heterocycles. The first-order valence-electron chi connectivity index (χ1n) is 5.01. The minimum atomic E-state index is -4.33. The molecule has 0 aliphatic heterocycles. The Hall–Kier alpha value is -0.480. The van der Waals surface area contributed by atoms with Gasteiger partial charge in [-0.3, -0.25) is 0 Å². The van der Waals surface area contributed by atoms with Crippen molar-refractivity contribution < 1.29 is 26.7 Å². The van der Waals surface area contributed by atoms with Gasteiger partial charge in [0, 0.05) is 11.9 Å². The molecule has 0 aliphatic carbocycles. The molecule has 6 nitrogen and oxygen atoms in total. The van der Waals surface area contributed by atoms with Gasteiger partial charge in [0.25, 0.3) is 6.43 Å². The molecule has 0 bridgehead atoms. The van der Waals surface area contributed by atoms with Crippen LogP contribution < -0.4 is 4.72 Å². The van der Waals surface area contributed by atoms with Crippen LogP contribution in [0.2, 0.25) is 0 Å². The summed E-state index contributed by atoms with van der Waals surface area (Å²) in [6.45, 7) is 1.88. The molecule has 18 heavy (non-hydrogen) atoms. The third kappa shape index (κ3) is 7.07. The molecule has 0 spiro atoms. The largest absolute Gasteiger partial charge is 0.446 e. The van der Waals surface area contributed by atoms with E-state index in [0.29, 0.717) is 4.31 Å². The van der Waals surface area contributed by atoms with Gasteiger partial charge >= 0.3 is 16.3 Å². The van der Waals surface area contributed by atoms with E-state index in [2.05, 4.69) is 20.7 Å². The van der Waals surface area contributed by atoms with Crippen LogP contribution in [-0.4, -0.2) is 49.8 Å². The van der Waals surface area contributed by atoms with Crippen molar-refractivity contribution in [2.75, 3.05) is 18.4 Å². The summed E-state index contributed by atoms with van der Waals surface area (Å²) in [7, 11) is -4.33. The van der Waals surface area contributed by atoms with Crippen LogP contribution in [0.4, 0.5) is 13.6 Å². The summed E-state index contributed by atoms with van der Waals surface area (Å²) in [6.07, 6.45) is -4.54. The number of ether oxygens (including phenoxy) is 1. The number of rotatable bonds is 7. The van der Waals surface area contributed by atoms with Gasteiger partial charge in [0.1, 0.15) is 0 Å². The van der Waals surface area contributed by atoms with Gasteiger partial charge in [-0.05, 0) is 13.8 Å². The number of nitrogens with zero attached hydrogens (tertiary/aromatic N) is 1. The summed E-state index contributed by atoms with van der Waals surface area (Å²) >= 11 is 2.94. The molecule has 0 aromatic carbocycles. The van der Waals surface area contributed by atoms with E-state index in [9.17, 15) is 22.0 Å². The molecule has 0 saturated carbocycles. The summed E-state index contributed by atoms with van der Waals surface area (Å²) in [5.74, 6) is 0. The Bertz CT molecular complexity index is 364. The lowest BCUT2D eigenvalue weighted by molar-refractivity contribution is 0.114. The number of amides is 1. The second-order valence-corrected chi connectivity index (χ2v) is 5.96. The second kappa shape index (κ2) is 7.85. The first kappa shape index (κ1) is 17.5. The van der Waals surface area contributed by atoms with E-state index in [1.165, 1.54) is 13.8 Å². The van der Waals surface area contributed by atoms with E-state index in [4.69, 9.17) is 0 Å². The van der Waals surface area contributed by atoms with Crippen molar-refractivity contribution in [3.05, 3.63) is 0 Å². The molecule has 0 unspecified atom stereocenters. The zero-order valence-electron chi connectivity index (χ0n) is 9.90. The highest BCUT2D eigenvalue weighted by atomic mass is 79.9. The normalized spacial score (nSPS) is 12.2. The molecule has 0 fully saturated rings. The van der Waals surface area contributed by atoms with E-state index in [1.54, 1.807) is 4.72 Å². The van der Waals surface area contributed by atoms with Gasteiger partial charge in [-0.15, -0.1) is 0 Å². The minimum absolute atomic E-state index is 0.167. The number of hydrogen-bond acceptors (Lipinski definition) is 4. The zero-order chi connectivity index (χ0) is 14.3. The Labute approximate surface area is 113 Å². The molecule has 10 heteroatoms. The molecule has 0 atom stereocenters. The van der Waals surface area contributed by atoms with Crippen molar-refractivity contribution in [1.82, 2.24) is 9.03 Å². The monoisotopic (exact) mass is 352 g/mol. The standard InChI is InChI=1S/C8H15BrF2N2O4S/c1-6(2)17-8(14)12-18(15,16)13(4-3-9)5-7(10)11/h6-7H,3-5H2,1-2H3,(H,12,14). The minimum Gasteiger partial charge on any atom is -0.446 e. The van der Waals surface area contributed by atoms with Gasteiger partial charge in [-0.1, -0.05) is 15.9 Å². The lowest BCUT2D eigenvalue weighted by atomic mass is 10.5. The van der Waals surface area contributed by atoms with Crippen molar-refractivity contribution in [2.24, 2.45) is 0 Å². The first-order valence-corrected chi connectivity index (χ1v) is 7.57. The maximum absolute atomic E-state index is 12.2. The molecule has 1 amide bonds. The Balaban J connectivity index is 4.68. The predicted octanol–water partition coefficient (Wildman–Crippen LogP) is 1.33. The zero-order valence-corrected chi connectivity index (χ0v) is 12.3. The third-order valence-corrected chi connectivity index (χ3v) is 3.36. The Morgan fingerprint density at radius 1 is 1.44 bits per heavy atom. The van der Waals surface area contributed by atoms with E-state index < -0.39 is 35.4 Å². The Kier molecular flexibility index (Phi) is 7.64. The lowest BCUT2D eigenvalue weighted by Crippen LogP contribution is -2.46. The highest BCUT2D eigenvalue weighted by Gasteiger charge is 2.27. The molecule has 0 rings (SSSR count). The first-order chi connectivity index (χ1) is 8.19. The molecule has 0 aliphatic rings. The number of carbonyl (C=O) groups excluding carboxylic acids is 1. The van der Waals surface area contributed by atoms with Crippen molar-refractivity contribution in [3.63, 3.8) is 0 Å². The van der Waals surface area contributed by atoms with Crippen LogP contribution in [0.15, 0.2) is 0 Å². The summed E-state index contributed by atoms with van der Waals surface area (Å²) in [5.41, 5.74) is 0.